The summed E-state index contributed by atoms with van der Waals surface area (Å²) >= 11 is 6.21. The summed E-state index contributed by atoms with van der Waals surface area (Å²) in [5, 5.41) is 1.37. The molecule has 9 heteroatoms. The lowest BCUT2D eigenvalue weighted by Gasteiger charge is -2.14. The molecule has 31 heavy (non-hydrogen) atoms. The fourth-order valence-electron chi connectivity index (χ4n) is 4.15. The number of nitrogens with zero attached hydrogens (tertiary/aromatic N) is 5. The van der Waals surface area contributed by atoms with Crippen molar-refractivity contribution < 1.29 is 9.47 Å². The van der Waals surface area contributed by atoms with E-state index in [0.29, 0.717) is 35.5 Å². The molecule has 4 aromatic rings. The van der Waals surface area contributed by atoms with Gasteiger partial charge in [0.15, 0.2) is 5.82 Å². The second-order valence-electron chi connectivity index (χ2n) is 8.04. The molecule has 1 aliphatic carbocycles. The third kappa shape index (κ3) is 3.36. The van der Waals surface area contributed by atoms with Crippen molar-refractivity contribution in [3.05, 3.63) is 58.0 Å². The molecule has 0 N–H and O–H groups in total. The average molecular weight is 438 g/mol. The molecule has 1 aromatic carbocycles. The Morgan fingerprint density at radius 3 is 2.87 bits per heavy atom. The highest BCUT2D eigenvalue weighted by molar-refractivity contribution is 6.31. The molecule has 0 spiro atoms. The van der Waals surface area contributed by atoms with Crippen LogP contribution in [0.1, 0.15) is 31.1 Å². The summed E-state index contributed by atoms with van der Waals surface area (Å²) < 4.78 is 15.1. The number of hydrogen-bond donors (Lipinski definition) is 0. The quantitative estimate of drug-likeness (QED) is 0.476. The maximum absolute atomic E-state index is 13.2. The van der Waals surface area contributed by atoms with Crippen LogP contribution in [0.5, 0.6) is 5.88 Å². The molecule has 1 saturated heterocycles. The number of halogens is 1. The molecule has 1 atom stereocenters. The topological polar surface area (TPSA) is 84.1 Å². The molecule has 8 nitrogen and oxygen atoms in total. The van der Waals surface area contributed by atoms with Crippen LogP contribution in [0, 0.1) is 0 Å². The van der Waals surface area contributed by atoms with Gasteiger partial charge >= 0.3 is 5.69 Å². The summed E-state index contributed by atoms with van der Waals surface area (Å²) in [6, 6.07) is 7.60. The molecule has 6 rings (SSSR count). The van der Waals surface area contributed by atoms with Gasteiger partial charge in [0, 0.05) is 23.7 Å². The molecular weight excluding hydrogens is 418 g/mol. The van der Waals surface area contributed by atoms with E-state index < -0.39 is 0 Å². The zero-order valence-corrected chi connectivity index (χ0v) is 17.5. The number of benzene rings is 1. The summed E-state index contributed by atoms with van der Waals surface area (Å²) in [5.41, 5.74) is 2.29. The van der Waals surface area contributed by atoms with Crippen molar-refractivity contribution in [2.75, 3.05) is 13.2 Å². The van der Waals surface area contributed by atoms with Crippen molar-refractivity contribution in [1.82, 2.24) is 24.1 Å². The third-order valence-corrected chi connectivity index (χ3v) is 6.05. The maximum atomic E-state index is 13.2. The van der Waals surface area contributed by atoms with Crippen molar-refractivity contribution in [1.29, 1.82) is 0 Å². The Morgan fingerprint density at radius 1 is 1.16 bits per heavy atom. The smallest absolute Gasteiger partial charge is 0.329 e. The second kappa shape index (κ2) is 7.32. The SMILES string of the molecule is O=c1n(Cc2nc(OC3CCOC3)c3ccc(Cl)cc3n2)c2cnccc2n1C1CC1. The van der Waals surface area contributed by atoms with Crippen LogP contribution in [0.15, 0.2) is 41.5 Å². The van der Waals surface area contributed by atoms with Gasteiger partial charge in [-0.3, -0.25) is 14.1 Å². The molecule has 0 amide bonds. The fourth-order valence-corrected chi connectivity index (χ4v) is 4.32. The zero-order chi connectivity index (χ0) is 20.9. The van der Waals surface area contributed by atoms with E-state index in [-0.39, 0.29) is 24.4 Å². The second-order valence-corrected chi connectivity index (χ2v) is 8.48. The molecule has 4 heterocycles. The average Bonchev–Trinajstić information content (AvgIpc) is 3.39. The van der Waals surface area contributed by atoms with Crippen LogP contribution in [-0.2, 0) is 11.3 Å². The van der Waals surface area contributed by atoms with Crippen LogP contribution >= 0.6 is 11.6 Å². The number of ether oxygens (including phenoxy) is 2. The molecule has 3 aromatic heterocycles. The minimum Gasteiger partial charge on any atom is -0.471 e. The summed E-state index contributed by atoms with van der Waals surface area (Å²) in [4.78, 5) is 26.8. The van der Waals surface area contributed by atoms with Crippen LogP contribution in [0.2, 0.25) is 5.02 Å². The first-order valence-electron chi connectivity index (χ1n) is 10.4. The van der Waals surface area contributed by atoms with Gasteiger partial charge in [0.1, 0.15) is 6.10 Å². The van der Waals surface area contributed by atoms with Crippen LogP contribution < -0.4 is 10.4 Å². The van der Waals surface area contributed by atoms with E-state index in [0.717, 1.165) is 35.7 Å². The number of hydrogen-bond acceptors (Lipinski definition) is 6. The lowest BCUT2D eigenvalue weighted by Crippen LogP contribution is -2.25. The third-order valence-electron chi connectivity index (χ3n) is 5.81. The molecule has 158 valence electrons. The summed E-state index contributed by atoms with van der Waals surface area (Å²) in [5.74, 6) is 0.980. The van der Waals surface area contributed by atoms with Crippen molar-refractivity contribution >= 4 is 33.5 Å². The highest BCUT2D eigenvalue weighted by Crippen LogP contribution is 2.36. The number of fused-ring (bicyclic) bond motifs is 2. The van der Waals surface area contributed by atoms with Gasteiger partial charge in [-0.2, -0.15) is 4.98 Å². The van der Waals surface area contributed by atoms with E-state index in [4.69, 9.17) is 21.1 Å². The van der Waals surface area contributed by atoms with Crippen LogP contribution in [0.4, 0.5) is 0 Å². The van der Waals surface area contributed by atoms with Gasteiger partial charge in [0.2, 0.25) is 5.88 Å². The van der Waals surface area contributed by atoms with Crippen molar-refractivity contribution in [3.63, 3.8) is 0 Å². The minimum absolute atomic E-state index is 0.0506. The van der Waals surface area contributed by atoms with E-state index in [9.17, 15) is 4.79 Å². The van der Waals surface area contributed by atoms with Crippen LogP contribution in [0.3, 0.4) is 0 Å². The highest BCUT2D eigenvalue weighted by atomic mass is 35.5. The first-order valence-corrected chi connectivity index (χ1v) is 10.8. The van der Waals surface area contributed by atoms with Gasteiger partial charge < -0.3 is 9.47 Å². The lowest BCUT2D eigenvalue weighted by molar-refractivity contribution is 0.139. The summed E-state index contributed by atoms with van der Waals surface area (Å²) in [6.07, 6.45) is 6.25. The van der Waals surface area contributed by atoms with Gasteiger partial charge in [-0.05, 0) is 37.1 Å². The van der Waals surface area contributed by atoms with Gasteiger partial charge in [-0.1, -0.05) is 11.6 Å². The van der Waals surface area contributed by atoms with Crippen LogP contribution in [0.25, 0.3) is 21.9 Å². The van der Waals surface area contributed by atoms with Crippen molar-refractivity contribution in [3.8, 4) is 5.88 Å². The van der Waals surface area contributed by atoms with Gasteiger partial charge in [0.05, 0.1) is 47.9 Å². The lowest BCUT2D eigenvalue weighted by atomic mass is 10.2. The Balaban J connectivity index is 1.46. The molecule has 2 fully saturated rings. The molecule has 0 radical (unpaired) electrons. The Morgan fingerprint density at radius 2 is 2.06 bits per heavy atom. The number of rotatable bonds is 5. The molecule has 0 bridgehead atoms. The van der Waals surface area contributed by atoms with E-state index >= 15 is 0 Å². The Labute approximate surface area is 182 Å². The molecule has 1 saturated carbocycles. The first-order chi connectivity index (χ1) is 15.2. The summed E-state index contributed by atoms with van der Waals surface area (Å²) in [7, 11) is 0. The van der Waals surface area contributed by atoms with E-state index in [1.807, 2.05) is 16.7 Å². The number of pyridine rings is 1. The molecular formula is C22H20ClN5O3. The monoisotopic (exact) mass is 437 g/mol. The van der Waals surface area contributed by atoms with Crippen molar-refractivity contribution in [2.45, 2.75) is 38.0 Å². The predicted octanol–water partition coefficient (Wildman–Crippen LogP) is 3.35. The number of imidazole rings is 1. The number of aromatic nitrogens is 5. The summed E-state index contributed by atoms with van der Waals surface area (Å²) in [6.45, 7) is 1.44. The molecule has 1 unspecified atom stereocenters. The van der Waals surface area contributed by atoms with Crippen molar-refractivity contribution in [2.24, 2.45) is 0 Å². The Bertz CT molecular complexity index is 1350. The maximum Gasteiger partial charge on any atom is 0.329 e. The largest absolute Gasteiger partial charge is 0.471 e. The Kier molecular flexibility index (Phi) is 4.43. The highest BCUT2D eigenvalue weighted by Gasteiger charge is 2.29. The van der Waals surface area contributed by atoms with Crippen LogP contribution in [-0.4, -0.2) is 43.4 Å². The Hall–Kier alpha value is -2.97. The van der Waals surface area contributed by atoms with Gasteiger partial charge in [0.25, 0.3) is 0 Å². The predicted molar refractivity (Wildman–Crippen MR) is 116 cm³/mol. The normalized spacial score (nSPS) is 18.8. The fraction of sp³-hybridized carbons (Fsp3) is 0.364. The standard InChI is InChI=1S/C22H20ClN5O3/c23-13-1-4-16-17(9-13)25-20(26-21(16)31-15-6-8-30-12-15)11-27-19-10-24-7-5-18(19)28(22(27)29)14-2-3-14/h1,4-5,7,9-10,14-15H,2-3,6,8,11-12H2. The van der Waals surface area contributed by atoms with Gasteiger partial charge in [-0.15, -0.1) is 0 Å². The van der Waals surface area contributed by atoms with E-state index in [1.165, 1.54) is 0 Å². The zero-order valence-electron chi connectivity index (χ0n) is 16.7. The minimum atomic E-state index is -0.0630. The first kappa shape index (κ1) is 18.8. The van der Waals surface area contributed by atoms with E-state index in [2.05, 4.69) is 15.0 Å². The molecule has 1 aliphatic heterocycles. The van der Waals surface area contributed by atoms with Gasteiger partial charge in [-0.25, -0.2) is 9.78 Å². The van der Waals surface area contributed by atoms with E-state index in [1.54, 1.807) is 29.1 Å². The molecule has 2 aliphatic rings.